The number of rotatable bonds is 2. The summed E-state index contributed by atoms with van der Waals surface area (Å²) in [5.41, 5.74) is 8.25. The molecule has 1 aromatic carbocycles. The Morgan fingerprint density at radius 3 is 2.88 bits per heavy atom. The van der Waals surface area contributed by atoms with Gasteiger partial charge in [-0.2, -0.15) is 0 Å². The zero-order chi connectivity index (χ0) is 11.5. The summed E-state index contributed by atoms with van der Waals surface area (Å²) in [7, 11) is 1.32. The van der Waals surface area contributed by atoms with Gasteiger partial charge in [0.2, 0.25) is 0 Å². The van der Waals surface area contributed by atoms with E-state index in [4.69, 9.17) is 5.73 Å². The molecule has 2 rings (SSSR count). The van der Waals surface area contributed by atoms with Crippen LogP contribution < -0.4 is 5.73 Å². The maximum Gasteiger partial charge on any atom is 0.339 e. The zero-order valence-electron chi connectivity index (χ0n) is 8.73. The third-order valence-corrected chi connectivity index (χ3v) is 2.27. The number of carbonyl (C=O) groups is 1. The molecule has 5 nitrogen and oxygen atoms in total. The van der Waals surface area contributed by atoms with E-state index in [1.165, 1.54) is 7.11 Å². The fourth-order valence-electron chi connectivity index (χ4n) is 1.44. The summed E-state index contributed by atoms with van der Waals surface area (Å²) in [5.74, 6) is -0.436. The van der Waals surface area contributed by atoms with Gasteiger partial charge in [-0.3, -0.25) is 0 Å². The first-order valence-electron chi connectivity index (χ1n) is 4.69. The molecule has 0 saturated heterocycles. The van der Waals surface area contributed by atoms with Crippen molar-refractivity contribution in [2.24, 2.45) is 0 Å². The van der Waals surface area contributed by atoms with Gasteiger partial charge in [-0.1, -0.05) is 6.07 Å². The molecule has 0 aliphatic rings. The van der Waals surface area contributed by atoms with E-state index in [9.17, 15) is 4.79 Å². The lowest BCUT2D eigenvalue weighted by Gasteiger charge is -2.05. The maximum absolute atomic E-state index is 11.3. The Balaban J connectivity index is 2.41. The average molecular weight is 217 g/mol. The van der Waals surface area contributed by atoms with E-state index < -0.39 is 5.97 Å². The summed E-state index contributed by atoms with van der Waals surface area (Å²) in [6.45, 7) is 0. The minimum absolute atomic E-state index is 0.366. The molecule has 3 N–H and O–H groups in total. The monoisotopic (exact) mass is 217 g/mol. The molecule has 0 fully saturated rings. The SMILES string of the molecule is COC(=O)c1ccc(-c2cnc[nH]2)cc1N. The van der Waals surface area contributed by atoms with Gasteiger partial charge in [0.15, 0.2) is 0 Å². The van der Waals surface area contributed by atoms with Gasteiger partial charge in [-0.15, -0.1) is 0 Å². The summed E-state index contributed by atoms with van der Waals surface area (Å²) in [6.07, 6.45) is 3.27. The van der Waals surface area contributed by atoms with Crippen LogP contribution in [0, 0.1) is 0 Å². The van der Waals surface area contributed by atoms with Crippen molar-refractivity contribution in [3.63, 3.8) is 0 Å². The molecule has 82 valence electrons. The predicted molar refractivity (Wildman–Crippen MR) is 59.8 cm³/mol. The zero-order valence-corrected chi connectivity index (χ0v) is 8.73. The summed E-state index contributed by atoms with van der Waals surface area (Å²) in [4.78, 5) is 18.2. The van der Waals surface area contributed by atoms with Gasteiger partial charge in [0.25, 0.3) is 0 Å². The second-order valence-corrected chi connectivity index (χ2v) is 3.26. The number of nitrogens with two attached hydrogens (primary N) is 1. The number of hydrogen-bond acceptors (Lipinski definition) is 4. The number of nitrogen functional groups attached to an aromatic ring is 1. The normalized spacial score (nSPS) is 10.1. The summed E-state index contributed by atoms with van der Waals surface area (Å²) in [5, 5.41) is 0. The van der Waals surface area contributed by atoms with Crippen LogP contribution in [0.1, 0.15) is 10.4 Å². The molecule has 5 heteroatoms. The highest BCUT2D eigenvalue weighted by Gasteiger charge is 2.10. The van der Waals surface area contributed by atoms with Gasteiger partial charge in [-0.25, -0.2) is 9.78 Å². The van der Waals surface area contributed by atoms with Gasteiger partial charge in [0.1, 0.15) is 0 Å². The standard InChI is InChI=1S/C11H11N3O2/c1-16-11(15)8-3-2-7(4-9(8)12)10-5-13-6-14-10/h2-6H,12H2,1H3,(H,13,14). The molecule has 0 unspecified atom stereocenters. The van der Waals surface area contributed by atoms with Crippen molar-refractivity contribution >= 4 is 11.7 Å². The van der Waals surface area contributed by atoms with Crippen LogP contribution in [0.25, 0.3) is 11.3 Å². The second-order valence-electron chi connectivity index (χ2n) is 3.26. The minimum atomic E-state index is -0.436. The number of aromatic nitrogens is 2. The van der Waals surface area contributed by atoms with Crippen LogP contribution in [0.5, 0.6) is 0 Å². The minimum Gasteiger partial charge on any atom is -0.465 e. The summed E-state index contributed by atoms with van der Waals surface area (Å²) in [6, 6.07) is 5.13. The molecule has 0 spiro atoms. The van der Waals surface area contributed by atoms with E-state index in [1.807, 2.05) is 0 Å². The molecule has 0 aliphatic carbocycles. The lowest BCUT2D eigenvalue weighted by molar-refractivity contribution is 0.0602. The van der Waals surface area contributed by atoms with Crippen molar-refractivity contribution in [2.45, 2.75) is 0 Å². The average Bonchev–Trinajstić information content (AvgIpc) is 2.81. The van der Waals surface area contributed by atoms with Crippen LogP contribution >= 0.6 is 0 Å². The van der Waals surface area contributed by atoms with Crippen LogP contribution in [0.3, 0.4) is 0 Å². The van der Waals surface area contributed by atoms with E-state index in [-0.39, 0.29) is 0 Å². The summed E-state index contributed by atoms with van der Waals surface area (Å²) >= 11 is 0. The Labute approximate surface area is 92.3 Å². The molecule has 16 heavy (non-hydrogen) atoms. The van der Waals surface area contributed by atoms with Crippen LogP contribution in [0.15, 0.2) is 30.7 Å². The maximum atomic E-state index is 11.3. The number of aromatic amines is 1. The third kappa shape index (κ3) is 1.75. The van der Waals surface area contributed by atoms with Crippen LogP contribution in [-0.2, 0) is 4.74 Å². The van der Waals surface area contributed by atoms with Crippen molar-refractivity contribution in [3.8, 4) is 11.3 Å². The molecular weight excluding hydrogens is 206 g/mol. The number of esters is 1. The number of hydrogen-bond donors (Lipinski definition) is 2. The lowest BCUT2D eigenvalue weighted by atomic mass is 10.1. The van der Waals surface area contributed by atoms with Crippen molar-refractivity contribution in [2.75, 3.05) is 12.8 Å². The number of anilines is 1. The van der Waals surface area contributed by atoms with E-state index >= 15 is 0 Å². The molecule has 1 aromatic heterocycles. The molecular formula is C11H11N3O2. The first-order valence-corrected chi connectivity index (χ1v) is 4.69. The largest absolute Gasteiger partial charge is 0.465 e. The van der Waals surface area contributed by atoms with Crippen LogP contribution in [-0.4, -0.2) is 23.0 Å². The number of nitrogens with zero attached hydrogens (tertiary/aromatic N) is 1. The van der Waals surface area contributed by atoms with Crippen LogP contribution in [0.4, 0.5) is 5.69 Å². The molecule has 0 bridgehead atoms. The highest BCUT2D eigenvalue weighted by molar-refractivity contribution is 5.95. The fourth-order valence-corrected chi connectivity index (χ4v) is 1.44. The fraction of sp³-hybridized carbons (Fsp3) is 0.0909. The van der Waals surface area contributed by atoms with Crippen molar-refractivity contribution in [1.29, 1.82) is 0 Å². The van der Waals surface area contributed by atoms with E-state index in [2.05, 4.69) is 14.7 Å². The highest BCUT2D eigenvalue weighted by atomic mass is 16.5. The number of imidazole rings is 1. The number of ether oxygens (including phenoxy) is 1. The van der Waals surface area contributed by atoms with Gasteiger partial charge >= 0.3 is 5.97 Å². The second kappa shape index (κ2) is 4.06. The van der Waals surface area contributed by atoms with E-state index in [0.29, 0.717) is 11.3 Å². The van der Waals surface area contributed by atoms with Crippen molar-refractivity contribution in [1.82, 2.24) is 9.97 Å². The first kappa shape index (κ1) is 10.2. The van der Waals surface area contributed by atoms with Crippen molar-refractivity contribution < 1.29 is 9.53 Å². The molecule has 0 atom stereocenters. The van der Waals surface area contributed by atoms with Crippen LogP contribution in [0.2, 0.25) is 0 Å². The predicted octanol–water partition coefficient (Wildman–Crippen LogP) is 1.45. The van der Waals surface area contributed by atoms with Gasteiger partial charge < -0.3 is 15.5 Å². The number of carbonyl (C=O) groups excluding carboxylic acids is 1. The Kier molecular flexibility index (Phi) is 2.59. The smallest absolute Gasteiger partial charge is 0.339 e. The Morgan fingerprint density at radius 1 is 1.50 bits per heavy atom. The Hall–Kier alpha value is -2.30. The lowest BCUT2D eigenvalue weighted by Crippen LogP contribution is -2.05. The topological polar surface area (TPSA) is 81.0 Å². The first-order chi connectivity index (χ1) is 7.72. The quantitative estimate of drug-likeness (QED) is 0.589. The highest BCUT2D eigenvalue weighted by Crippen LogP contribution is 2.22. The Bertz CT molecular complexity index is 506. The number of benzene rings is 1. The Morgan fingerprint density at radius 2 is 2.31 bits per heavy atom. The van der Waals surface area contributed by atoms with E-state index in [1.54, 1.807) is 30.7 Å². The van der Waals surface area contributed by atoms with E-state index in [0.717, 1.165) is 11.3 Å². The van der Waals surface area contributed by atoms with Crippen molar-refractivity contribution in [3.05, 3.63) is 36.3 Å². The third-order valence-electron chi connectivity index (χ3n) is 2.27. The number of H-pyrrole nitrogens is 1. The van der Waals surface area contributed by atoms with Gasteiger partial charge in [0.05, 0.1) is 30.9 Å². The molecule has 0 radical (unpaired) electrons. The number of methoxy groups -OCH3 is 1. The summed E-state index contributed by atoms with van der Waals surface area (Å²) < 4.78 is 4.61. The molecule has 0 aliphatic heterocycles. The molecule has 2 aromatic rings. The molecule has 0 saturated carbocycles. The molecule has 0 amide bonds. The number of nitrogens with one attached hydrogen (secondary N) is 1. The molecule has 1 heterocycles. The van der Waals surface area contributed by atoms with Gasteiger partial charge in [0, 0.05) is 11.3 Å². The van der Waals surface area contributed by atoms with Gasteiger partial charge in [-0.05, 0) is 12.1 Å².